The summed E-state index contributed by atoms with van der Waals surface area (Å²) in [5, 5.41) is 0. The lowest BCUT2D eigenvalue weighted by atomic mass is 9.86. The van der Waals surface area contributed by atoms with Gasteiger partial charge in [-0.05, 0) is 50.9 Å². The molecule has 0 aromatic heterocycles. The van der Waals surface area contributed by atoms with Crippen molar-refractivity contribution >= 4 is 10.0 Å². The van der Waals surface area contributed by atoms with Crippen LogP contribution in [0, 0.1) is 0 Å². The molecular formula is C18H32N2O2S. The largest absolute Gasteiger partial charge is 0.303 e. The monoisotopic (exact) mass is 340 g/mol. The molecule has 0 spiro atoms. The van der Waals surface area contributed by atoms with Gasteiger partial charge < -0.3 is 4.90 Å². The molecule has 0 fully saturated rings. The van der Waals surface area contributed by atoms with Gasteiger partial charge in [0.1, 0.15) is 0 Å². The number of benzene rings is 1. The molecule has 0 bridgehead atoms. The highest BCUT2D eigenvalue weighted by atomic mass is 32.2. The molecule has 0 aliphatic carbocycles. The third-order valence-corrected chi connectivity index (χ3v) is 5.74. The zero-order valence-corrected chi connectivity index (χ0v) is 16.4. The number of nitrogens with one attached hydrogen (secondary N) is 1. The van der Waals surface area contributed by atoms with Crippen LogP contribution in [0.1, 0.15) is 45.7 Å². The molecular weight excluding hydrogens is 308 g/mol. The van der Waals surface area contributed by atoms with E-state index in [0.29, 0.717) is 13.0 Å². The molecule has 5 heteroatoms. The van der Waals surface area contributed by atoms with Crippen molar-refractivity contribution in [1.82, 2.24) is 9.62 Å². The topological polar surface area (TPSA) is 49.4 Å². The minimum atomic E-state index is -3.26. The Hall–Kier alpha value is -0.910. The van der Waals surface area contributed by atoms with Crippen molar-refractivity contribution in [2.75, 3.05) is 26.4 Å². The van der Waals surface area contributed by atoms with Gasteiger partial charge in [0.15, 0.2) is 0 Å². The van der Waals surface area contributed by atoms with E-state index in [-0.39, 0.29) is 16.7 Å². The number of sulfonamides is 1. The van der Waals surface area contributed by atoms with Crippen molar-refractivity contribution in [2.45, 2.75) is 52.0 Å². The van der Waals surface area contributed by atoms with Gasteiger partial charge >= 0.3 is 0 Å². The molecule has 0 unspecified atom stereocenters. The van der Waals surface area contributed by atoms with Gasteiger partial charge in [0.2, 0.25) is 10.0 Å². The van der Waals surface area contributed by atoms with Crippen LogP contribution in [-0.4, -0.2) is 45.2 Å². The maximum Gasteiger partial charge on any atom is 0.211 e. The minimum absolute atomic E-state index is 0.115. The first kappa shape index (κ1) is 20.1. The second-order valence-corrected chi connectivity index (χ2v) is 9.97. The van der Waals surface area contributed by atoms with Gasteiger partial charge in [-0.25, -0.2) is 13.1 Å². The Morgan fingerprint density at radius 3 is 1.96 bits per heavy atom. The molecule has 0 saturated heterocycles. The summed E-state index contributed by atoms with van der Waals surface area (Å²) in [5.74, 6) is 0.116. The Bertz CT molecular complexity index is 597. The highest BCUT2D eigenvalue weighted by Crippen LogP contribution is 2.22. The smallest absolute Gasteiger partial charge is 0.211 e. The van der Waals surface area contributed by atoms with Gasteiger partial charge in [-0.2, -0.15) is 0 Å². The number of hydrogen-bond donors (Lipinski definition) is 1. The van der Waals surface area contributed by atoms with Crippen LogP contribution in [0.2, 0.25) is 0 Å². The van der Waals surface area contributed by atoms with E-state index >= 15 is 0 Å². The van der Waals surface area contributed by atoms with E-state index < -0.39 is 10.0 Å². The molecule has 1 aromatic rings. The summed E-state index contributed by atoms with van der Waals surface area (Å²) in [6.07, 6.45) is 0.530. The predicted octanol–water partition coefficient (Wildman–Crippen LogP) is 2.79. The molecule has 1 aromatic carbocycles. The Balaban J connectivity index is 2.60. The first-order valence-electron chi connectivity index (χ1n) is 8.08. The lowest BCUT2D eigenvalue weighted by molar-refractivity contribution is 0.199. The van der Waals surface area contributed by atoms with Crippen LogP contribution >= 0.6 is 0 Å². The molecule has 0 aliphatic heterocycles. The summed E-state index contributed by atoms with van der Waals surface area (Å²) < 4.78 is 27.1. The number of likely N-dealkylation sites (N-methyl/N-ethyl adjacent to an activating group) is 1. The maximum atomic E-state index is 12.2. The zero-order valence-electron chi connectivity index (χ0n) is 15.6. The second-order valence-electron chi connectivity index (χ2n) is 8.04. The fraction of sp³-hybridized carbons (Fsp3) is 0.667. The summed E-state index contributed by atoms with van der Waals surface area (Å²) in [6.45, 7) is 10.9. The Morgan fingerprint density at radius 2 is 1.52 bits per heavy atom. The van der Waals surface area contributed by atoms with Crippen LogP contribution in [0.25, 0.3) is 0 Å². The quantitative estimate of drug-likeness (QED) is 0.830. The van der Waals surface area contributed by atoms with Crippen molar-refractivity contribution in [3.05, 3.63) is 35.4 Å². The predicted molar refractivity (Wildman–Crippen MR) is 98.4 cm³/mol. The number of rotatable bonds is 7. The van der Waals surface area contributed by atoms with Gasteiger partial charge in [-0.1, -0.05) is 45.0 Å². The first-order chi connectivity index (χ1) is 10.3. The Morgan fingerprint density at radius 1 is 1.00 bits per heavy atom. The highest BCUT2D eigenvalue weighted by Gasteiger charge is 2.23. The van der Waals surface area contributed by atoms with E-state index in [1.165, 1.54) is 5.56 Å². The molecule has 0 heterocycles. The summed E-state index contributed by atoms with van der Waals surface area (Å²) in [6, 6.07) is 8.23. The van der Waals surface area contributed by atoms with Crippen LogP contribution in [0.5, 0.6) is 0 Å². The fourth-order valence-electron chi connectivity index (χ4n) is 1.94. The van der Waals surface area contributed by atoms with Crippen LogP contribution in [0.15, 0.2) is 24.3 Å². The molecule has 132 valence electrons. The van der Waals surface area contributed by atoms with Crippen molar-refractivity contribution in [3.63, 3.8) is 0 Å². The van der Waals surface area contributed by atoms with E-state index in [2.05, 4.69) is 37.6 Å². The SMILES string of the molecule is CN(C)C(C)(C)CNS(=O)(=O)CCc1ccc(C(C)(C)C)cc1. The average molecular weight is 341 g/mol. The van der Waals surface area contributed by atoms with E-state index in [0.717, 1.165) is 5.56 Å². The molecule has 1 rings (SSSR count). The van der Waals surface area contributed by atoms with Crippen molar-refractivity contribution < 1.29 is 8.42 Å². The van der Waals surface area contributed by atoms with Crippen molar-refractivity contribution in [3.8, 4) is 0 Å². The van der Waals surface area contributed by atoms with E-state index in [1.54, 1.807) is 0 Å². The normalized spacial score (nSPS) is 13.6. The van der Waals surface area contributed by atoms with Gasteiger partial charge in [0, 0.05) is 12.1 Å². The zero-order chi connectivity index (χ0) is 17.9. The van der Waals surface area contributed by atoms with Crippen LogP contribution < -0.4 is 4.72 Å². The molecule has 1 N–H and O–H groups in total. The molecule has 23 heavy (non-hydrogen) atoms. The summed E-state index contributed by atoms with van der Waals surface area (Å²) in [7, 11) is 0.637. The Kier molecular flexibility index (Phi) is 6.41. The van der Waals surface area contributed by atoms with Crippen molar-refractivity contribution in [1.29, 1.82) is 0 Å². The number of aryl methyl sites for hydroxylation is 1. The lowest BCUT2D eigenvalue weighted by Gasteiger charge is -2.32. The van der Waals surface area contributed by atoms with E-state index in [9.17, 15) is 8.42 Å². The van der Waals surface area contributed by atoms with Crippen molar-refractivity contribution in [2.24, 2.45) is 0 Å². The molecule has 0 amide bonds. The summed E-state index contributed by atoms with van der Waals surface area (Å²) in [4.78, 5) is 2.01. The first-order valence-corrected chi connectivity index (χ1v) is 9.73. The van der Waals surface area contributed by atoms with Gasteiger partial charge in [-0.15, -0.1) is 0 Å². The molecule has 0 saturated carbocycles. The summed E-state index contributed by atoms with van der Waals surface area (Å²) >= 11 is 0. The number of nitrogens with zero attached hydrogens (tertiary/aromatic N) is 1. The number of hydrogen-bond acceptors (Lipinski definition) is 3. The minimum Gasteiger partial charge on any atom is -0.303 e. The average Bonchev–Trinajstić information content (AvgIpc) is 2.43. The van der Waals surface area contributed by atoms with Gasteiger partial charge in [0.25, 0.3) is 0 Å². The lowest BCUT2D eigenvalue weighted by Crippen LogP contribution is -2.48. The second kappa shape index (κ2) is 7.32. The van der Waals surface area contributed by atoms with Crippen LogP contribution in [-0.2, 0) is 21.9 Å². The van der Waals surface area contributed by atoms with Gasteiger partial charge in [-0.3, -0.25) is 0 Å². The third kappa shape index (κ3) is 6.61. The summed E-state index contributed by atoms with van der Waals surface area (Å²) in [5.41, 5.74) is 2.22. The highest BCUT2D eigenvalue weighted by molar-refractivity contribution is 7.89. The van der Waals surface area contributed by atoms with Gasteiger partial charge in [0.05, 0.1) is 5.75 Å². The molecule has 4 nitrogen and oxygen atoms in total. The standard InChI is InChI=1S/C18H32N2O2S/c1-17(2,3)16-10-8-15(9-11-16)12-13-23(21,22)19-14-18(4,5)20(6)7/h8-11,19H,12-14H2,1-7H3. The fourth-order valence-corrected chi connectivity index (χ4v) is 3.16. The van der Waals surface area contributed by atoms with Crippen LogP contribution in [0.4, 0.5) is 0 Å². The molecule has 0 atom stereocenters. The van der Waals surface area contributed by atoms with Crippen LogP contribution in [0.3, 0.4) is 0 Å². The third-order valence-electron chi connectivity index (χ3n) is 4.41. The Labute approximate surface area is 142 Å². The van der Waals surface area contributed by atoms with E-state index in [4.69, 9.17) is 0 Å². The molecule has 0 aliphatic rings. The van der Waals surface area contributed by atoms with E-state index in [1.807, 2.05) is 45.0 Å². The molecule has 0 radical (unpaired) electrons. The maximum absolute atomic E-state index is 12.2.